The number of phenols is 1. The van der Waals surface area contributed by atoms with Crippen LogP contribution < -0.4 is 5.32 Å². The highest BCUT2D eigenvalue weighted by molar-refractivity contribution is 6.32. The minimum Gasteiger partial charge on any atom is -0.506 e. The summed E-state index contributed by atoms with van der Waals surface area (Å²) < 4.78 is 0. The molecule has 1 aliphatic heterocycles. The van der Waals surface area contributed by atoms with Gasteiger partial charge in [-0.25, -0.2) is 0 Å². The second-order valence-electron chi connectivity index (χ2n) is 5.87. The Hall–Kier alpha value is -0.770. The van der Waals surface area contributed by atoms with Gasteiger partial charge in [0, 0.05) is 38.3 Å². The summed E-state index contributed by atoms with van der Waals surface area (Å²) in [7, 11) is 0. The summed E-state index contributed by atoms with van der Waals surface area (Å²) in [5.41, 5.74) is 3.83. The van der Waals surface area contributed by atoms with E-state index in [0.717, 1.165) is 57.5 Å². The second kappa shape index (κ2) is 6.33. The van der Waals surface area contributed by atoms with E-state index in [4.69, 9.17) is 11.6 Å². The van der Waals surface area contributed by atoms with Crippen molar-refractivity contribution in [1.29, 1.82) is 0 Å². The molecule has 1 saturated heterocycles. The normalized spacial score (nSPS) is 19.9. The van der Waals surface area contributed by atoms with E-state index in [1.165, 1.54) is 24.0 Å². The fraction of sp³-hybridized carbons (Fsp3) is 0.625. The molecule has 0 amide bonds. The van der Waals surface area contributed by atoms with Crippen LogP contribution in [0.4, 0.5) is 0 Å². The van der Waals surface area contributed by atoms with Gasteiger partial charge in [0.2, 0.25) is 0 Å². The van der Waals surface area contributed by atoms with Gasteiger partial charge in [-0.15, -0.1) is 0 Å². The molecular weight excluding hydrogens is 272 g/mol. The van der Waals surface area contributed by atoms with Crippen LogP contribution in [-0.2, 0) is 19.3 Å². The van der Waals surface area contributed by atoms with Gasteiger partial charge in [0.25, 0.3) is 0 Å². The number of halogens is 1. The highest BCUT2D eigenvalue weighted by Gasteiger charge is 2.20. The summed E-state index contributed by atoms with van der Waals surface area (Å²) in [5, 5.41) is 14.2. The van der Waals surface area contributed by atoms with Gasteiger partial charge in [-0.1, -0.05) is 11.6 Å². The van der Waals surface area contributed by atoms with Gasteiger partial charge in [-0.05, 0) is 49.3 Å². The Balaban J connectivity index is 1.78. The number of hydrogen-bond donors (Lipinski definition) is 2. The number of aryl methyl sites for hydroxylation is 1. The summed E-state index contributed by atoms with van der Waals surface area (Å²) in [6, 6.07) is 1.97. The molecule has 0 saturated carbocycles. The van der Waals surface area contributed by atoms with E-state index in [-0.39, 0.29) is 0 Å². The van der Waals surface area contributed by atoms with E-state index in [1.54, 1.807) is 0 Å². The second-order valence-corrected chi connectivity index (χ2v) is 6.28. The molecular formula is C16H23ClN2O. The van der Waals surface area contributed by atoms with Crippen LogP contribution in [0.3, 0.4) is 0 Å². The molecule has 1 aromatic rings. The SMILES string of the molecule is Oc1c(Cl)cc2c(c1CCN1CCNCC1)CCCC2. The third kappa shape index (κ3) is 2.95. The van der Waals surface area contributed by atoms with Gasteiger partial charge >= 0.3 is 0 Å². The van der Waals surface area contributed by atoms with Gasteiger partial charge < -0.3 is 15.3 Å². The number of nitrogens with zero attached hydrogens (tertiary/aromatic N) is 1. The summed E-state index contributed by atoms with van der Waals surface area (Å²) in [4.78, 5) is 2.46. The van der Waals surface area contributed by atoms with Gasteiger partial charge in [-0.3, -0.25) is 0 Å². The van der Waals surface area contributed by atoms with Crippen LogP contribution in [-0.4, -0.2) is 42.7 Å². The Labute approximate surface area is 125 Å². The third-order valence-electron chi connectivity index (χ3n) is 4.58. The maximum atomic E-state index is 10.3. The van der Waals surface area contributed by atoms with Crippen LogP contribution in [0.2, 0.25) is 5.02 Å². The largest absolute Gasteiger partial charge is 0.506 e. The highest BCUT2D eigenvalue weighted by Crippen LogP contribution is 2.36. The first-order valence-electron chi connectivity index (χ1n) is 7.71. The minimum atomic E-state index is 0.322. The smallest absolute Gasteiger partial charge is 0.137 e. The molecule has 0 bridgehead atoms. The average Bonchev–Trinajstić information content (AvgIpc) is 2.49. The fourth-order valence-electron chi connectivity index (χ4n) is 3.42. The lowest BCUT2D eigenvalue weighted by atomic mass is 9.86. The molecule has 1 fully saturated rings. The third-order valence-corrected chi connectivity index (χ3v) is 4.86. The maximum absolute atomic E-state index is 10.3. The molecule has 0 atom stereocenters. The Bertz CT molecular complexity index is 484. The van der Waals surface area contributed by atoms with Crippen molar-refractivity contribution in [3.05, 3.63) is 27.8 Å². The first kappa shape index (κ1) is 14.2. The van der Waals surface area contributed by atoms with Crippen molar-refractivity contribution >= 4 is 11.6 Å². The van der Waals surface area contributed by atoms with Crippen molar-refractivity contribution in [2.24, 2.45) is 0 Å². The lowest BCUT2D eigenvalue weighted by Crippen LogP contribution is -2.44. The van der Waals surface area contributed by atoms with Crippen molar-refractivity contribution in [2.75, 3.05) is 32.7 Å². The molecule has 2 N–H and O–H groups in total. The van der Waals surface area contributed by atoms with Crippen LogP contribution in [0.5, 0.6) is 5.75 Å². The molecule has 0 spiro atoms. The summed E-state index contributed by atoms with van der Waals surface area (Å²) in [5.74, 6) is 0.322. The monoisotopic (exact) mass is 294 g/mol. The standard InChI is InChI=1S/C16H23ClN2O/c17-15-11-12-3-1-2-4-13(12)14(16(15)20)5-8-19-9-6-18-7-10-19/h11,18,20H,1-10H2. The molecule has 2 aliphatic rings. The average molecular weight is 295 g/mol. The summed E-state index contributed by atoms with van der Waals surface area (Å²) in [6.07, 6.45) is 5.59. The zero-order valence-electron chi connectivity index (χ0n) is 11.9. The molecule has 4 heteroatoms. The van der Waals surface area contributed by atoms with Gasteiger partial charge in [0.15, 0.2) is 0 Å². The number of fused-ring (bicyclic) bond motifs is 1. The predicted molar refractivity (Wildman–Crippen MR) is 82.8 cm³/mol. The van der Waals surface area contributed by atoms with Gasteiger partial charge in [-0.2, -0.15) is 0 Å². The van der Waals surface area contributed by atoms with Crippen LogP contribution in [0.1, 0.15) is 29.5 Å². The van der Waals surface area contributed by atoms with Crippen molar-refractivity contribution in [2.45, 2.75) is 32.1 Å². The Morgan fingerprint density at radius 1 is 1.20 bits per heavy atom. The molecule has 110 valence electrons. The molecule has 3 nitrogen and oxygen atoms in total. The number of rotatable bonds is 3. The highest BCUT2D eigenvalue weighted by atomic mass is 35.5. The minimum absolute atomic E-state index is 0.322. The molecule has 1 heterocycles. The zero-order chi connectivity index (χ0) is 13.9. The molecule has 1 aromatic carbocycles. The Kier molecular flexibility index (Phi) is 4.49. The summed E-state index contributed by atoms with van der Waals surface area (Å²) in [6.45, 7) is 5.36. The van der Waals surface area contributed by atoms with Crippen LogP contribution in [0, 0.1) is 0 Å². The number of benzene rings is 1. The van der Waals surface area contributed by atoms with Crippen molar-refractivity contribution in [3.63, 3.8) is 0 Å². The molecule has 0 radical (unpaired) electrons. The first-order valence-corrected chi connectivity index (χ1v) is 8.08. The topological polar surface area (TPSA) is 35.5 Å². The van der Waals surface area contributed by atoms with Crippen molar-refractivity contribution in [1.82, 2.24) is 10.2 Å². The molecule has 0 unspecified atom stereocenters. The van der Waals surface area contributed by atoms with Gasteiger partial charge in [0.1, 0.15) is 5.75 Å². The number of aromatic hydroxyl groups is 1. The van der Waals surface area contributed by atoms with Crippen LogP contribution in [0.25, 0.3) is 0 Å². The van der Waals surface area contributed by atoms with E-state index in [0.29, 0.717) is 10.8 Å². The van der Waals surface area contributed by atoms with E-state index in [9.17, 15) is 5.11 Å². The molecule has 3 rings (SSSR count). The number of piperazine rings is 1. The molecule has 1 aliphatic carbocycles. The fourth-order valence-corrected chi connectivity index (χ4v) is 3.66. The Morgan fingerprint density at radius 3 is 2.75 bits per heavy atom. The van der Waals surface area contributed by atoms with E-state index in [2.05, 4.69) is 10.2 Å². The van der Waals surface area contributed by atoms with E-state index < -0.39 is 0 Å². The lowest BCUT2D eigenvalue weighted by molar-refractivity contribution is 0.243. The predicted octanol–water partition coefficient (Wildman–Crippen LogP) is 2.37. The van der Waals surface area contributed by atoms with E-state index >= 15 is 0 Å². The lowest BCUT2D eigenvalue weighted by Gasteiger charge is -2.28. The zero-order valence-corrected chi connectivity index (χ0v) is 12.7. The van der Waals surface area contributed by atoms with E-state index in [1.807, 2.05) is 6.07 Å². The van der Waals surface area contributed by atoms with Crippen LogP contribution >= 0.6 is 11.6 Å². The summed E-state index contributed by atoms with van der Waals surface area (Å²) >= 11 is 6.20. The first-order chi connectivity index (χ1) is 9.75. The van der Waals surface area contributed by atoms with Crippen LogP contribution in [0.15, 0.2) is 6.07 Å². The molecule has 0 aromatic heterocycles. The van der Waals surface area contributed by atoms with Crippen molar-refractivity contribution in [3.8, 4) is 5.75 Å². The number of nitrogens with one attached hydrogen (secondary N) is 1. The number of phenolic OH excluding ortho intramolecular Hbond substituents is 1. The van der Waals surface area contributed by atoms with Gasteiger partial charge in [0.05, 0.1) is 5.02 Å². The quantitative estimate of drug-likeness (QED) is 0.898. The maximum Gasteiger partial charge on any atom is 0.137 e. The molecule has 20 heavy (non-hydrogen) atoms. The Morgan fingerprint density at radius 2 is 1.95 bits per heavy atom. The number of hydrogen-bond acceptors (Lipinski definition) is 3. The van der Waals surface area contributed by atoms with Crippen molar-refractivity contribution < 1.29 is 5.11 Å².